The predicted octanol–water partition coefficient (Wildman–Crippen LogP) is 3.66. The lowest BCUT2D eigenvalue weighted by Crippen LogP contribution is -2.00. The molecule has 0 aromatic carbocycles. The lowest BCUT2D eigenvalue weighted by atomic mass is 9.99. The predicted molar refractivity (Wildman–Crippen MR) is 76.1 cm³/mol. The van der Waals surface area contributed by atoms with Gasteiger partial charge in [0, 0.05) is 28.9 Å². The maximum absolute atomic E-state index is 4.24. The molecule has 0 aliphatic carbocycles. The molecule has 0 aliphatic heterocycles. The quantitative estimate of drug-likeness (QED) is 0.796. The molecule has 0 saturated carbocycles. The zero-order valence-electron chi connectivity index (χ0n) is 11.4. The second kappa shape index (κ2) is 6.14. The van der Waals surface area contributed by atoms with Gasteiger partial charge in [0.05, 0.1) is 5.69 Å². The minimum atomic E-state index is 0.581. The molecule has 0 amide bonds. The molecule has 3 nitrogen and oxygen atoms in total. The smallest absolute Gasteiger partial charge is 0.0833 e. The van der Waals surface area contributed by atoms with Crippen molar-refractivity contribution in [2.45, 2.75) is 52.5 Å². The van der Waals surface area contributed by atoms with Gasteiger partial charge in [0.25, 0.3) is 0 Å². The van der Waals surface area contributed by atoms with Crippen LogP contribution in [0.5, 0.6) is 0 Å². The Labute approximate surface area is 113 Å². The lowest BCUT2D eigenvalue weighted by molar-refractivity contribution is 0.625. The molecule has 98 valence electrons. The second-order valence-corrected chi connectivity index (χ2v) is 5.73. The highest BCUT2D eigenvalue weighted by Crippen LogP contribution is 2.30. The maximum atomic E-state index is 4.24. The van der Waals surface area contributed by atoms with E-state index in [0.29, 0.717) is 5.92 Å². The van der Waals surface area contributed by atoms with Crippen LogP contribution in [0.15, 0.2) is 18.3 Å². The summed E-state index contributed by atoms with van der Waals surface area (Å²) in [6, 6.07) is 4.54. The first-order valence-electron chi connectivity index (χ1n) is 6.74. The average Bonchev–Trinajstić information content (AvgIpc) is 3.04. The normalized spacial score (nSPS) is 12.8. The van der Waals surface area contributed by atoms with E-state index in [1.54, 1.807) is 0 Å². The number of hydrogen-bond donors (Lipinski definition) is 0. The number of aryl methyl sites for hydroxylation is 2. The van der Waals surface area contributed by atoms with Crippen LogP contribution in [0.4, 0.5) is 0 Å². The Morgan fingerprint density at radius 2 is 2.11 bits per heavy atom. The molecule has 2 heterocycles. The summed E-state index contributed by atoms with van der Waals surface area (Å²) in [6.07, 6.45) is 5.35. The van der Waals surface area contributed by atoms with Gasteiger partial charge in [0.15, 0.2) is 0 Å². The third kappa shape index (κ3) is 2.99. The van der Waals surface area contributed by atoms with Gasteiger partial charge in [-0.05, 0) is 37.8 Å². The van der Waals surface area contributed by atoms with Crippen LogP contribution in [0.25, 0.3) is 0 Å². The molecule has 0 bridgehead atoms. The van der Waals surface area contributed by atoms with E-state index in [-0.39, 0.29) is 0 Å². The zero-order chi connectivity index (χ0) is 13.0. The molecular formula is C14H21N3S. The van der Waals surface area contributed by atoms with Crippen LogP contribution in [0.1, 0.15) is 48.6 Å². The van der Waals surface area contributed by atoms with Gasteiger partial charge in [0.1, 0.15) is 0 Å². The van der Waals surface area contributed by atoms with Crippen molar-refractivity contribution in [3.63, 3.8) is 0 Å². The van der Waals surface area contributed by atoms with Crippen LogP contribution < -0.4 is 0 Å². The summed E-state index contributed by atoms with van der Waals surface area (Å²) in [5, 5.41) is 8.35. The molecule has 1 atom stereocenters. The summed E-state index contributed by atoms with van der Waals surface area (Å²) in [5.74, 6) is 0.581. The SMILES string of the molecule is CCc1ccc(C(CC)Cc2cn(CC)nn2)s1. The number of rotatable bonds is 6. The highest BCUT2D eigenvalue weighted by molar-refractivity contribution is 7.12. The van der Waals surface area contributed by atoms with Gasteiger partial charge in [-0.2, -0.15) is 0 Å². The van der Waals surface area contributed by atoms with Crippen LogP contribution in [-0.2, 0) is 19.4 Å². The van der Waals surface area contributed by atoms with Crippen LogP contribution in [-0.4, -0.2) is 15.0 Å². The van der Waals surface area contributed by atoms with Crippen LogP contribution in [0.2, 0.25) is 0 Å². The highest BCUT2D eigenvalue weighted by atomic mass is 32.1. The van der Waals surface area contributed by atoms with Gasteiger partial charge in [0.2, 0.25) is 0 Å². The first-order chi connectivity index (χ1) is 8.76. The summed E-state index contributed by atoms with van der Waals surface area (Å²) in [6.45, 7) is 7.44. The van der Waals surface area contributed by atoms with Gasteiger partial charge in [-0.1, -0.05) is 19.1 Å². The largest absolute Gasteiger partial charge is 0.253 e. The Balaban J connectivity index is 2.08. The van der Waals surface area contributed by atoms with Crippen LogP contribution in [0.3, 0.4) is 0 Å². The highest BCUT2D eigenvalue weighted by Gasteiger charge is 2.14. The minimum absolute atomic E-state index is 0.581. The molecule has 0 spiro atoms. The summed E-state index contributed by atoms with van der Waals surface area (Å²) < 4.78 is 1.90. The van der Waals surface area contributed by atoms with E-state index in [2.05, 4.69) is 49.4 Å². The van der Waals surface area contributed by atoms with Crippen molar-refractivity contribution in [3.05, 3.63) is 33.8 Å². The van der Waals surface area contributed by atoms with Crippen molar-refractivity contribution in [3.8, 4) is 0 Å². The van der Waals surface area contributed by atoms with Gasteiger partial charge in [-0.25, -0.2) is 0 Å². The van der Waals surface area contributed by atoms with Gasteiger partial charge in [-0.3, -0.25) is 4.68 Å². The van der Waals surface area contributed by atoms with E-state index in [9.17, 15) is 0 Å². The van der Waals surface area contributed by atoms with E-state index < -0.39 is 0 Å². The van der Waals surface area contributed by atoms with E-state index in [1.807, 2.05) is 16.0 Å². The zero-order valence-corrected chi connectivity index (χ0v) is 12.2. The fourth-order valence-corrected chi connectivity index (χ4v) is 3.23. The molecule has 0 saturated heterocycles. The van der Waals surface area contributed by atoms with Crippen molar-refractivity contribution in [2.75, 3.05) is 0 Å². The third-order valence-electron chi connectivity index (χ3n) is 3.29. The molecular weight excluding hydrogens is 242 g/mol. The third-order valence-corrected chi connectivity index (χ3v) is 4.68. The van der Waals surface area contributed by atoms with Crippen molar-refractivity contribution in [1.82, 2.24) is 15.0 Å². The molecule has 18 heavy (non-hydrogen) atoms. The molecule has 0 N–H and O–H groups in total. The summed E-state index contributed by atoms with van der Waals surface area (Å²) >= 11 is 1.94. The van der Waals surface area contributed by atoms with Gasteiger partial charge >= 0.3 is 0 Å². The van der Waals surface area contributed by atoms with E-state index in [1.165, 1.54) is 9.75 Å². The Morgan fingerprint density at radius 1 is 1.28 bits per heavy atom. The van der Waals surface area contributed by atoms with Crippen LogP contribution in [0, 0.1) is 0 Å². The van der Waals surface area contributed by atoms with E-state index >= 15 is 0 Å². The summed E-state index contributed by atoms with van der Waals surface area (Å²) in [7, 11) is 0. The van der Waals surface area contributed by atoms with Gasteiger partial charge < -0.3 is 0 Å². The minimum Gasteiger partial charge on any atom is -0.253 e. The molecule has 2 aromatic rings. The fraction of sp³-hybridized carbons (Fsp3) is 0.571. The molecule has 0 radical (unpaired) electrons. The fourth-order valence-electron chi connectivity index (χ4n) is 2.09. The first kappa shape index (κ1) is 13.3. The lowest BCUT2D eigenvalue weighted by Gasteiger charge is -2.10. The number of thiophene rings is 1. The standard InChI is InChI=1S/C14H21N3S/c1-4-11(14-8-7-13(5-2)18-14)9-12-10-17(6-3)16-15-12/h7-8,10-11H,4-6,9H2,1-3H3. The first-order valence-corrected chi connectivity index (χ1v) is 7.56. The Bertz CT molecular complexity index is 487. The monoisotopic (exact) mass is 263 g/mol. The van der Waals surface area contributed by atoms with E-state index in [0.717, 1.165) is 31.5 Å². The Kier molecular flexibility index (Phi) is 4.53. The van der Waals surface area contributed by atoms with Crippen molar-refractivity contribution in [2.24, 2.45) is 0 Å². The Hall–Kier alpha value is -1.16. The molecule has 2 aromatic heterocycles. The number of nitrogens with zero attached hydrogens (tertiary/aromatic N) is 3. The maximum Gasteiger partial charge on any atom is 0.0833 e. The van der Waals surface area contributed by atoms with Crippen molar-refractivity contribution < 1.29 is 0 Å². The summed E-state index contributed by atoms with van der Waals surface area (Å²) in [4.78, 5) is 2.96. The van der Waals surface area contributed by atoms with Crippen LogP contribution >= 0.6 is 11.3 Å². The van der Waals surface area contributed by atoms with E-state index in [4.69, 9.17) is 0 Å². The molecule has 0 aliphatic rings. The molecule has 4 heteroatoms. The second-order valence-electron chi connectivity index (χ2n) is 4.53. The molecule has 1 unspecified atom stereocenters. The molecule has 2 rings (SSSR count). The Morgan fingerprint density at radius 3 is 2.67 bits per heavy atom. The number of aromatic nitrogens is 3. The van der Waals surface area contributed by atoms with Gasteiger partial charge in [-0.15, -0.1) is 16.4 Å². The van der Waals surface area contributed by atoms with Crippen molar-refractivity contribution in [1.29, 1.82) is 0 Å². The molecule has 0 fully saturated rings. The number of hydrogen-bond acceptors (Lipinski definition) is 3. The average molecular weight is 263 g/mol. The summed E-state index contributed by atoms with van der Waals surface area (Å²) in [5.41, 5.74) is 1.11. The topological polar surface area (TPSA) is 30.7 Å². The van der Waals surface area contributed by atoms with Crippen molar-refractivity contribution >= 4 is 11.3 Å².